The second-order valence-electron chi connectivity index (χ2n) is 7.54. The normalized spacial score (nSPS) is 32.1. The molecule has 3 aliphatic rings. The zero-order chi connectivity index (χ0) is 14.7. The molecule has 0 aromatic rings. The summed E-state index contributed by atoms with van der Waals surface area (Å²) in [4.78, 5) is 5.21. The molecule has 1 aliphatic carbocycles. The van der Waals surface area contributed by atoms with Gasteiger partial charge in [0, 0.05) is 37.2 Å². The molecule has 4 heteroatoms. The van der Waals surface area contributed by atoms with Gasteiger partial charge in [-0.2, -0.15) is 0 Å². The van der Waals surface area contributed by atoms with Gasteiger partial charge in [-0.1, -0.05) is 6.92 Å². The molecular weight excluding hydrogens is 262 g/mol. The van der Waals surface area contributed by atoms with Gasteiger partial charge in [0.15, 0.2) is 0 Å². The van der Waals surface area contributed by atoms with Crippen LogP contribution in [-0.2, 0) is 4.74 Å². The summed E-state index contributed by atoms with van der Waals surface area (Å²) in [5.74, 6) is 0. The fraction of sp³-hybridized carbons (Fsp3) is 1.00. The van der Waals surface area contributed by atoms with E-state index in [0.29, 0.717) is 5.41 Å². The fourth-order valence-corrected chi connectivity index (χ4v) is 3.95. The zero-order valence-corrected chi connectivity index (χ0v) is 13.9. The summed E-state index contributed by atoms with van der Waals surface area (Å²) < 4.78 is 5.76. The van der Waals surface area contributed by atoms with Gasteiger partial charge in [-0.15, -0.1) is 0 Å². The van der Waals surface area contributed by atoms with E-state index in [2.05, 4.69) is 29.1 Å². The van der Waals surface area contributed by atoms with Crippen LogP contribution in [0.3, 0.4) is 0 Å². The van der Waals surface area contributed by atoms with Gasteiger partial charge < -0.3 is 19.9 Å². The number of likely N-dealkylation sites (tertiary alicyclic amines) is 1. The lowest BCUT2D eigenvalue weighted by atomic mass is 9.85. The predicted octanol–water partition coefficient (Wildman–Crippen LogP) is 1.56. The van der Waals surface area contributed by atoms with Crippen LogP contribution >= 0.6 is 0 Å². The summed E-state index contributed by atoms with van der Waals surface area (Å²) in [6.07, 6.45) is 6.64. The monoisotopic (exact) mass is 295 g/mol. The van der Waals surface area contributed by atoms with Crippen LogP contribution in [0, 0.1) is 5.41 Å². The second-order valence-corrected chi connectivity index (χ2v) is 7.54. The molecule has 4 nitrogen and oxygen atoms in total. The highest BCUT2D eigenvalue weighted by Crippen LogP contribution is 2.32. The molecule has 2 heterocycles. The van der Waals surface area contributed by atoms with E-state index in [1.54, 1.807) is 0 Å². The maximum atomic E-state index is 5.76. The van der Waals surface area contributed by atoms with Gasteiger partial charge in [0.25, 0.3) is 0 Å². The first-order chi connectivity index (χ1) is 10.2. The second kappa shape index (κ2) is 6.95. The van der Waals surface area contributed by atoms with Gasteiger partial charge in [-0.25, -0.2) is 0 Å². The molecule has 21 heavy (non-hydrogen) atoms. The summed E-state index contributed by atoms with van der Waals surface area (Å²) in [6.45, 7) is 10.3. The van der Waals surface area contributed by atoms with Crippen molar-refractivity contribution in [3.8, 4) is 0 Å². The lowest BCUT2D eigenvalue weighted by Crippen LogP contribution is -2.50. The molecule has 0 radical (unpaired) electrons. The quantitative estimate of drug-likeness (QED) is 0.771. The molecule has 0 bridgehead atoms. The molecule has 1 atom stereocenters. The molecule has 122 valence electrons. The van der Waals surface area contributed by atoms with Crippen molar-refractivity contribution in [2.75, 3.05) is 53.0 Å². The molecule has 0 aromatic heterocycles. The third-order valence-electron chi connectivity index (χ3n) is 5.74. The summed E-state index contributed by atoms with van der Waals surface area (Å²) in [5, 5.41) is 3.75. The highest BCUT2D eigenvalue weighted by molar-refractivity contribution is 4.93. The van der Waals surface area contributed by atoms with Crippen LogP contribution < -0.4 is 5.32 Å². The highest BCUT2D eigenvalue weighted by atomic mass is 16.5. The van der Waals surface area contributed by atoms with E-state index in [1.807, 2.05) is 0 Å². The Hall–Kier alpha value is -0.160. The first kappa shape index (κ1) is 15.7. The average molecular weight is 295 g/mol. The summed E-state index contributed by atoms with van der Waals surface area (Å²) in [7, 11) is 2.34. The highest BCUT2D eigenvalue weighted by Gasteiger charge is 2.38. The standard InChI is InChI=1S/C17H33N3O/c1-3-20-9-6-16(7-10-20)19(2)13-17(8-11-21-14-17)12-18-15-4-5-15/h15-16,18H,3-14H2,1-2H3. The van der Waals surface area contributed by atoms with Crippen molar-refractivity contribution in [3.63, 3.8) is 0 Å². The van der Waals surface area contributed by atoms with E-state index in [4.69, 9.17) is 4.74 Å². The smallest absolute Gasteiger partial charge is 0.0547 e. The van der Waals surface area contributed by atoms with Crippen molar-refractivity contribution < 1.29 is 4.74 Å². The molecule has 2 aliphatic heterocycles. The number of nitrogens with one attached hydrogen (secondary N) is 1. The van der Waals surface area contributed by atoms with Crippen molar-refractivity contribution in [3.05, 3.63) is 0 Å². The minimum atomic E-state index is 0.360. The molecular formula is C17H33N3O. The van der Waals surface area contributed by atoms with Crippen molar-refractivity contribution in [1.82, 2.24) is 15.1 Å². The van der Waals surface area contributed by atoms with E-state index < -0.39 is 0 Å². The topological polar surface area (TPSA) is 27.7 Å². The van der Waals surface area contributed by atoms with Crippen LogP contribution in [-0.4, -0.2) is 74.9 Å². The summed E-state index contributed by atoms with van der Waals surface area (Å²) in [5.41, 5.74) is 0.360. The largest absolute Gasteiger partial charge is 0.381 e. The van der Waals surface area contributed by atoms with E-state index in [-0.39, 0.29) is 0 Å². The first-order valence-corrected chi connectivity index (χ1v) is 8.94. The molecule has 3 rings (SSSR count). The Bertz CT molecular complexity index is 318. The molecule has 2 saturated heterocycles. The lowest BCUT2D eigenvalue weighted by molar-refractivity contribution is 0.0732. The summed E-state index contributed by atoms with van der Waals surface area (Å²) >= 11 is 0. The van der Waals surface area contributed by atoms with Crippen molar-refractivity contribution in [2.45, 2.75) is 51.1 Å². The third-order valence-corrected chi connectivity index (χ3v) is 5.74. The molecule has 1 unspecified atom stereocenters. The minimum Gasteiger partial charge on any atom is -0.381 e. The van der Waals surface area contributed by atoms with Gasteiger partial charge in [0.2, 0.25) is 0 Å². The Morgan fingerprint density at radius 3 is 2.57 bits per heavy atom. The van der Waals surface area contributed by atoms with E-state index >= 15 is 0 Å². The Morgan fingerprint density at radius 2 is 2.00 bits per heavy atom. The number of hydrogen-bond acceptors (Lipinski definition) is 4. The van der Waals surface area contributed by atoms with Crippen molar-refractivity contribution >= 4 is 0 Å². The predicted molar refractivity (Wildman–Crippen MR) is 86.7 cm³/mol. The summed E-state index contributed by atoms with van der Waals surface area (Å²) in [6, 6.07) is 1.58. The van der Waals surface area contributed by atoms with E-state index in [1.165, 1.54) is 58.3 Å². The molecule has 1 N–H and O–H groups in total. The van der Waals surface area contributed by atoms with Gasteiger partial charge in [-0.3, -0.25) is 0 Å². The first-order valence-electron chi connectivity index (χ1n) is 8.94. The van der Waals surface area contributed by atoms with Gasteiger partial charge in [0.1, 0.15) is 0 Å². The lowest BCUT2D eigenvalue weighted by Gasteiger charge is -2.40. The minimum absolute atomic E-state index is 0.360. The molecule has 1 saturated carbocycles. The maximum Gasteiger partial charge on any atom is 0.0547 e. The average Bonchev–Trinajstić information content (AvgIpc) is 3.25. The van der Waals surface area contributed by atoms with E-state index in [0.717, 1.165) is 31.8 Å². The van der Waals surface area contributed by atoms with Crippen LogP contribution in [0.25, 0.3) is 0 Å². The number of rotatable bonds is 7. The number of nitrogens with zero attached hydrogens (tertiary/aromatic N) is 2. The van der Waals surface area contributed by atoms with Crippen LogP contribution in [0.1, 0.15) is 39.0 Å². The van der Waals surface area contributed by atoms with E-state index in [9.17, 15) is 0 Å². The fourth-order valence-electron chi connectivity index (χ4n) is 3.95. The number of piperidine rings is 1. The van der Waals surface area contributed by atoms with Crippen LogP contribution in [0.5, 0.6) is 0 Å². The Kier molecular flexibility index (Phi) is 5.20. The third kappa shape index (κ3) is 4.19. The zero-order valence-electron chi connectivity index (χ0n) is 13.9. The van der Waals surface area contributed by atoms with Gasteiger partial charge >= 0.3 is 0 Å². The SMILES string of the molecule is CCN1CCC(N(C)CC2(CNC3CC3)CCOC2)CC1. The van der Waals surface area contributed by atoms with Crippen molar-refractivity contribution in [2.24, 2.45) is 5.41 Å². The maximum absolute atomic E-state index is 5.76. The Morgan fingerprint density at radius 1 is 1.24 bits per heavy atom. The number of ether oxygens (including phenoxy) is 1. The van der Waals surface area contributed by atoms with Crippen LogP contribution in [0.2, 0.25) is 0 Å². The molecule has 0 aromatic carbocycles. The molecule has 0 amide bonds. The molecule has 3 fully saturated rings. The Labute approximate surface area is 130 Å². The Balaban J connectivity index is 1.50. The van der Waals surface area contributed by atoms with Crippen LogP contribution in [0.4, 0.5) is 0 Å². The number of hydrogen-bond donors (Lipinski definition) is 1. The van der Waals surface area contributed by atoms with Crippen molar-refractivity contribution in [1.29, 1.82) is 0 Å². The van der Waals surface area contributed by atoms with Gasteiger partial charge in [-0.05, 0) is 58.8 Å². The van der Waals surface area contributed by atoms with Crippen LogP contribution in [0.15, 0.2) is 0 Å². The molecule has 0 spiro atoms. The van der Waals surface area contributed by atoms with Gasteiger partial charge in [0.05, 0.1) is 6.61 Å².